The summed E-state index contributed by atoms with van der Waals surface area (Å²) in [5.41, 5.74) is 3.30. The fourth-order valence-corrected chi connectivity index (χ4v) is 2.89. The van der Waals surface area contributed by atoms with Crippen molar-refractivity contribution in [1.82, 2.24) is 9.78 Å². The summed E-state index contributed by atoms with van der Waals surface area (Å²) < 4.78 is 1.85. The molecule has 6 heteroatoms. The molecule has 0 aliphatic rings. The summed E-state index contributed by atoms with van der Waals surface area (Å²) in [6, 6.07) is 3.27. The highest BCUT2D eigenvalue weighted by Crippen LogP contribution is 2.24. The molecule has 0 spiro atoms. The van der Waals surface area contributed by atoms with Crippen LogP contribution >= 0.6 is 0 Å². The molecular weight excluding hydrogens is 318 g/mol. The van der Waals surface area contributed by atoms with Crippen molar-refractivity contribution in [1.29, 1.82) is 0 Å². The molecule has 2 rings (SSSR count). The van der Waals surface area contributed by atoms with Crippen LogP contribution in [0.4, 0.5) is 5.69 Å². The van der Waals surface area contributed by atoms with Gasteiger partial charge < -0.3 is 10.4 Å². The van der Waals surface area contributed by atoms with Crippen LogP contribution in [-0.4, -0.2) is 26.8 Å². The Morgan fingerprint density at radius 3 is 2.32 bits per heavy atom. The van der Waals surface area contributed by atoms with Crippen LogP contribution < -0.4 is 5.32 Å². The van der Waals surface area contributed by atoms with Crippen molar-refractivity contribution in [3.05, 3.63) is 46.3 Å². The van der Waals surface area contributed by atoms with Crippen LogP contribution in [0.15, 0.2) is 18.3 Å². The molecule has 25 heavy (non-hydrogen) atoms. The first-order chi connectivity index (χ1) is 11.6. The van der Waals surface area contributed by atoms with E-state index in [1.807, 2.05) is 39.3 Å². The van der Waals surface area contributed by atoms with Gasteiger partial charge in [-0.05, 0) is 58.2 Å². The van der Waals surface area contributed by atoms with Crippen molar-refractivity contribution < 1.29 is 14.7 Å². The lowest BCUT2D eigenvalue weighted by atomic mass is 10.0. The van der Waals surface area contributed by atoms with Crippen molar-refractivity contribution >= 4 is 17.6 Å². The van der Waals surface area contributed by atoms with Gasteiger partial charge in [0, 0.05) is 5.69 Å². The zero-order valence-corrected chi connectivity index (χ0v) is 15.6. The monoisotopic (exact) mass is 343 g/mol. The molecule has 2 aromatic rings. The lowest BCUT2D eigenvalue weighted by Crippen LogP contribution is -2.26. The van der Waals surface area contributed by atoms with E-state index in [1.54, 1.807) is 19.2 Å². The smallest absolute Gasteiger partial charge is 0.336 e. The predicted molar refractivity (Wildman–Crippen MR) is 97.4 cm³/mol. The molecule has 1 aromatic carbocycles. The minimum Gasteiger partial charge on any atom is -0.478 e. The Morgan fingerprint density at radius 2 is 1.80 bits per heavy atom. The number of aromatic nitrogens is 2. The molecule has 0 saturated heterocycles. The molecule has 6 nitrogen and oxygen atoms in total. The van der Waals surface area contributed by atoms with Gasteiger partial charge in [-0.25, -0.2) is 4.79 Å². The van der Waals surface area contributed by atoms with Crippen molar-refractivity contribution in [2.24, 2.45) is 0 Å². The van der Waals surface area contributed by atoms with Gasteiger partial charge in [-0.3, -0.25) is 9.48 Å². The molecule has 0 atom stereocenters. The van der Waals surface area contributed by atoms with Crippen LogP contribution in [-0.2, 0) is 12.0 Å². The predicted octanol–water partition coefficient (Wildman–Crippen LogP) is 3.77. The van der Waals surface area contributed by atoms with E-state index in [-0.39, 0.29) is 17.0 Å². The quantitative estimate of drug-likeness (QED) is 0.885. The molecule has 0 aliphatic carbocycles. The Hall–Kier alpha value is -2.63. The molecule has 0 bridgehead atoms. The second kappa shape index (κ2) is 6.70. The lowest BCUT2D eigenvalue weighted by molar-refractivity contribution is 0.0695. The standard InChI is InChI=1S/C19H25N3O3/c1-7-16-14(10-20-22(16)19(4,5)6)17(23)21-15-9-13(18(24)25)11(2)8-12(15)3/h8-10H,7H2,1-6H3,(H,21,23)(H,24,25). The summed E-state index contributed by atoms with van der Waals surface area (Å²) in [5, 5.41) is 16.5. The average molecular weight is 343 g/mol. The number of amides is 1. The molecule has 0 saturated carbocycles. The van der Waals surface area contributed by atoms with E-state index >= 15 is 0 Å². The molecule has 1 heterocycles. The van der Waals surface area contributed by atoms with Gasteiger partial charge in [0.25, 0.3) is 5.91 Å². The third-order valence-electron chi connectivity index (χ3n) is 4.13. The number of nitrogens with one attached hydrogen (secondary N) is 1. The van der Waals surface area contributed by atoms with Gasteiger partial charge in [0.15, 0.2) is 0 Å². The maximum atomic E-state index is 12.7. The average Bonchev–Trinajstić information content (AvgIpc) is 2.93. The number of hydrogen-bond donors (Lipinski definition) is 2. The van der Waals surface area contributed by atoms with Crippen LogP contribution in [0.5, 0.6) is 0 Å². The number of anilines is 1. The Labute approximate surface area is 147 Å². The van der Waals surface area contributed by atoms with Gasteiger partial charge >= 0.3 is 5.97 Å². The number of carboxylic acid groups (broad SMARTS) is 1. The minimum atomic E-state index is -1.01. The largest absolute Gasteiger partial charge is 0.478 e. The van der Waals surface area contributed by atoms with Crippen molar-refractivity contribution in [3.8, 4) is 0 Å². The van der Waals surface area contributed by atoms with Crippen LogP contribution in [0, 0.1) is 13.8 Å². The summed E-state index contributed by atoms with van der Waals surface area (Å²) >= 11 is 0. The third-order valence-corrected chi connectivity index (χ3v) is 4.13. The molecule has 2 N–H and O–H groups in total. The topological polar surface area (TPSA) is 84.2 Å². The number of benzene rings is 1. The second-order valence-electron chi connectivity index (χ2n) is 7.18. The summed E-state index contributed by atoms with van der Waals surface area (Å²) in [6.07, 6.45) is 2.24. The zero-order valence-electron chi connectivity index (χ0n) is 15.6. The fourth-order valence-electron chi connectivity index (χ4n) is 2.89. The summed E-state index contributed by atoms with van der Waals surface area (Å²) in [7, 11) is 0. The van der Waals surface area contributed by atoms with Gasteiger partial charge in [-0.15, -0.1) is 0 Å². The van der Waals surface area contributed by atoms with Crippen LogP contribution in [0.3, 0.4) is 0 Å². The number of aromatic carboxylic acids is 1. The highest BCUT2D eigenvalue weighted by Gasteiger charge is 2.23. The molecule has 0 unspecified atom stereocenters. The summed E-state index contributed by atoms with van der Waals surface area (Å²) in [5.74, 6) is -1.29. The first kappa shape index (κ1) is 18.7. The fraction of sp³-hybridized carbons (Fsp3) is 0.421. The first-order valence-corrected chi connectivity index (χ1v) is 8.29. The highest BCUT2D eigenvalue weighted by molar-refractivity contribution is 6.06. The van der Waals surface area contributed by atoms with Gasteiger partial charge in [-0.2, -0.15) is 5.10 Å². The van der Waals surface area contributed by atoms with Gasteiger partial charge in [-0.1, -0.05) is 13.0 Å². The number of nitrogens with zero attached hydrogens (tertiary/aromatic N) is 2. The van der Waals surface area contributed by atoms with Gasteiger partial charge in [0.1, 0.15) is 0 Å². The Kier molecular flexibility index (Phi) is 5.02. The maximum Gasteiger partial charge on any atom is 0.336 e. The number of carbonyl (C=O) groups excluding carboxylic acids is 1. The second-order valence-corrected chi connectivity index (χ2v) is 7.18. The number of carboxylic acids is 1. The van der Waals surface area contributed by atoms with Gasteiger partial charge in [0.2, 0.25) is 0 Å². The Morgan fingerprint density at radius 1 is 1.16 bits per heavy atom. The van der Waals surface area contributed by atoms with E-state index in [0.29, 0.717) is 23.2 Å². The van der Waals surface area contributed by atoms with E-state index in [1.165, 1.54) is 6.07 Å². The van der Waals surface area contributed by atoms with Crippen LogP contribution in [0.2, 0.25) is 0 Å². The van der Waals surface area contributed by atoms with E-state index in [4.69, 9.17) is 0 Å². The lowest BCUT2D eigenvalue weighted by Gasteiger charge is -2.22. The highest BCUT2D eigenvalue weighted by atomic mass is 16.4. The normalized spacial score (nSPS) is 11.4. The Bertz CT molecular complexity index is 829. The molecule has 1 amide bonds. The molecule has 1 aromatic heterocycles. The van der Waals surface area contributed by atoms with Crippen molar-refractivity contribution in [2.75, 3.05) is 5.32 Å². The number of rotatable bonds is 4. The number of hydrogen-bond acceptors (Lipinski definition) is 3. The van der Waals surface area contributed by atoms with E-state index in [0.717, 1.165) is 11.3 Å². The van der Waals surface area contributed by atoms with Crippen molar-refractivity contribution in [3.63, 3.8) is 0 Å². The van der Waals surface area contributed by atoms with Crippen LogP contribution in [0.1, 0.15) is 65.2 Å². The zero-order chi connectivity index (χ0) is 18.9. The third kappa shape index (κ3) is 3.73. The van der Waals surface area contributed by atoms with E-state index in [9.17, 15) is 14.7 Å². The molecule has 134 valence electrons. The van der Waals surface area contributed by atoms with E-state index in [2.05, 4.69) is 10.4 Å². The molecule has 0 aliphatic heterocycles. The number of carbonyl (C=O) groups is 2. The first-order valence-electron chi connectivity index (χ1n) is 8.29. The summed E-state index contributed by atoms with van der Waals surface area (Å²) in [6.45, 7) is 11.7. The maximum absolute atomic E-state index is 12.7. The molecule has 0 fully saturated rings. The molecule has 0 radical (unpaired) electrons. The van der Waals surface area contributed by atoms with Crippen molar-refractivity contribution in [2.45, 2.75) is 53.5 Å². The minimum absolute atomic E-state index is 0.182. The van der Waals surface area contributed by atoms with E-state index < -0.39 is 5.97 Å². The SMILES string of the molecule is CCc1c(C(=O)Nc2cc(C(=O)O)c(C)cc2C)cnn1C(C)(C)C. The number of aryl methyl sites for hydroxylation is 2. The molecular formula is C19H25N3O3. The van der Waals surface area contributed by atoms with Gasteiger partial charge in [0.05, 0.1) is 28.6 Å². The van der Waals surface area contributed by atoms with Crippen LogP contribution in [0.25, 0.3) is 0 Å². The summed E-state index contributed by atoms with van der Waals surface area (Å²) in [4.78, 5) is 24.1. The Balaban J connectivity index is 2.40.